The van der Waals surface area contributed by atoms with Gasteiger partial charge in [0.1, 0.15) is 12.1 Å². The number of carbonyl (C=O) groups excluding carboxylic acids is 2. The number of carbonyl (C=O) groups is 2. The van der Waals surface area contributed by atoms with Crippen LogP contribution >= 0.6 is 11.6 Å². The summed E-state index contributed by atoms with van der Waals surface area (Å²) in [5, 5.41) is 3.45. The van der Waals surface area contributed by atoms with Crippen molar-refractivity contribution in [3.63, 3.8) is 0 Å². The molecular formula is C23H23ClN4O3. The lowest BCUT2D eigenvalue weighted by molar-refractivity contribution is -0.142. The van der Waals surface area contributed by atoms with Crippen LogP contribution in [0.3, 0.4) is 0 Å². The Morgan fingerprint density at radius 2 is 2.06 bits per heavy atom. The maximum Gasteiger partial charge on any atom is 0.328 e. The molecular weight excluding hydrogens is 416 g/mol. The molecule has 0 spiro atoms. The summed E-state index contributed by atoms with van der Waals surface area (Å²) in [6, 6.07) is 15.3. The van der Waals surface area contributed by atoms with Crippen LogP contribution in [0.1, 0.15) is 28.6 Å². The van der Waals surface area contributed by atoms with E-state index in [1.807, 2.05) is 48.5 Å². The molecule has 0 unspecified atom stereocenters. The molecule has 8 heteroatoms. The van der Waals surface area contributed by atoms with Gasteiger partial charge in [0.25, 0.3) is 0 Å². The number of hydrogen-bond acceptors (Lipinski definition) is 4. The first kappa shape index (κ1) is 20.9. The van der Waals surface area contributed by atoms with Crippen molar-refractivity contribution < 1.29 is 14.3 Å². The van der Waals surface area contributed by atoms with Crippen molar-refractivity contribution in [2.24, 2.45) is 0 Å². The average molecular weight is 439 g/mol. The summed E-state index contributed by atoms with van der Waals surface area (Å²) in [5.74, 6) is -0.492. The van der Waals surface area contributed by atoms with E-state index in [4.69, 9.17) is 16.3 Å². The lowest BCUT2D eigenvalue weighted by Crippen LogP contribution is -2.52. The largest absolute Gasteiger partial charge is 0.467 e. The van der Waals surface area contributed by atoms with Crippen molar-refractivity contribution in [1.29, 1.82) is 0 Å². The Balaban J connectivity index is 1.61. The highest BCUT2D eigenvalue weighted by Crippen LogP contribution is 2.34. The molecule has 2 atom stereocenters. The molecule has 31 heavy (non-hydrogen) atoms. The number of amides is 2. The number of urea groups is 1. The Hall–Kier alpha value is -3.32. The number of nitrogens with one attached hydrogen (secondary N) is 2. The fraction of sp³-hybridized carbons (Fsp3) is 0.261. The second kappa shape index (κ2) is 9.22. The molecule has 0 aliphatic carbocycles. The Bertz CT molecular complexity index is 1070. The summed E-state index contributed by atoms with van der Waals surface area (Å²) in [7, 11) is 1.32. The number of ether oxygens (including phenoxy) is 1. The third-order valence-electron chi connectivity index (χ3n) is 5.42. The molecule has 2 aromatic carbocycles. The molecule has 2 N–H and O–H groups in total. The van der Waals surface area contributed by atoms with E-state index in [9.17, 15) is 9.59 Å². The van der Waals surface area contributed by atoms with Crippen molar-refractivity contribution in [2.75, 3.05) is 13.7 Å². The second-order valence-electron chi connectivity index (χ2n) is 7.38. The van der Waals surface area contributed by atoms with Crippen LogP contribution in [-0.2, 0) is 22.4 Å². The van der Waals surface area contributed by atoms with Crippen molar-refractivity contribution in [2.45, 2.75) is 24.9 Å². The number of imidazole rings is 1. The average Bonchev–Trinajstić information content (AvgIpc) is 3.27. The van der Waals surface area contributed by atoms with Crippen LogP contribution in [0.4, 0.5) is 4.79 Å². The van der Waals surface area contributed by atoms with Crippen LogP contribution in [0.5, 0.6) is 0 Å². The molecule has 0 saturated carbocycles. The van der Waals surface area contributed by atoms with Gasteiger partial charge < -0.3 is 19.9 Å². The number of fused-ring (bicyclic) bond motifs is 1. The van der Waals surface area contributed by atoms with E-state index in [0.717, 1.165) is 22.5 Å². The first-order valence-corrected chi connectivity index (χ1v) is 10.4. The molecule has 0 fully saturated rings. The fourth-order valence-electron chi connectivity index (χ4n) is 3.93. The molecule has 1 aliphatic rings. The van der Waals surface area contributed by atoms with Gasteiger partial charge in [-0.25, -0.2) is 14.6 Å². The fourth-order valence-corrected chi connectivity index (χ4v) is 4.13. The summed E-state index contributed by atoms with van der Waals surface area (Å²) >= 11 is 6.22. The topological polar surface area (TPSA) is 87.3 Å². The van der Waals surface area contributed by atoms with Crippen LogP contribution in [0.15, 0.2) is 60.9 Å². The summed E-state index contributed by atoms with van der Waals surface area (Å²) in [6.07, 6.45) is 2.61. The highest BCUT2D eigenvalue weighted by molar-refractivity contribution is 6.30. The minimum absolute atomic E-state index is 0.336. The lowest BCUT2D eigenvalue weighted by atomic mass is 9.96. The maximum atomic E-state index is 13.4. The Kier molecular flexibility index (Phi) is 6.23. The predicted octanol–water partition coefficient (Wildman–Crippen LogP) is 3.50. The number of rotatable bonds is 5. The molecule has 1 aromatic heterocycles. The van der Waals surface area contributed by atoms with Crippen molar-refractivity contribution in [3.05, 3.63) is 88.5 Å². The number of aromatic nitrogens is 2. The van der Waals surface area contributed by atoms with E-state index in [-0.39, 0.29) is 6.03 Å². The zero-order valence-electron chi connectivity index (χ0n) is 17.0. The zero-order valence-corrected chi connectivity index (χ0v) is 17.8. The summed E-state index contributed by atoms with van der Waals surface area (Å²) in [4.78, 5) is 35.1. The number of esters is 1. The van der Waals surface area contributed by atoms with E-state index in [0.29, 0.717) is 24.4 Å². The number of hydrogen-bond donors (Lipinski definition) is 2. The van der Waals surface area contributed by atoms with Gasteiger partial charge in [-0.15, -0.1) is 0 Å². The van der Waals surface area contributed by atoms with E-state index in [1.54, 1.807) is 17.3 Å². The highest BCUT2D eigenvalue weighted by Gasteiger charge is 2.36. The minimum Gasteiger partial charge on any atom is -0.467 e. The van der Waals surface area contributed by atoms with Crippen LogP contribution in [0.25, 0.3) is 0 Å². The van der Waals surface area contributed by atoms with Crippen molar-refractivity contribution in [3.8, 4) is 0 Å². The first-order valence-electron chi connectivity index (χ1n) is 10.0. The molecule has 1 aliphatic heterocycles. The third-order valence-corrected chi connectivity index (χ3v) is 5.65. The molecule has 0 bridgehead atoms. The van der Waals surface area contributed by atoms with E-state index < -0.39 is 18.1 Å². The van der Waals surface area contributed by atoms with Gasteiger partial charge in [0.15, 0.2) is 0 Å². The number of nitrogens with zero attached hydrogens (tertiary/aromatic N) is 2. The highest BCUT2D eigenvalue weighted by atomic mass is 35.5. The molecule has 7 nitrogen and oxygen atoms in total. The van der Waals surface area contributed by atoms with E-state index >= 15 is 0 Å². The van der Waals surface area contributed by atoms with Crippen LogP contribution in [-0.4, -0.2) is 46.6 Å². The summed E-state index contributed by atoms with van der Waals surface area (Å²) < 4.78 is 4.94. The normalized spacial score (nSPS) is 16.3. The maximum absolute atomic E-state index is 13.4. The molecule has 2 amide bonds. The van der Waals surface area contributed by atoms with Gasteiger partial charge in [-0.1, -0.05) is 54.1 Å². The number of aromatic amines is 1. The van der Waals surface area contributed by atoms with E-state index in [1.165, 1.54) is 7.11 Å². The lowest BCUT2D eigenvalue weighted by Gasteiger charge is -2.36. The molecule has 2 heterocycles. The Labute approximate surface area is 185 Å². The quantitative estimate of drug-likeness (QED) is 0.597. The van der Waals surface area contributed by atoms with Gasteiger partial charge in [-0.3, -0.25) is 0 Å². The number of methoxy groups -OCH3 is 1. The van der Waals surface area contributed by atoms with Gasteiger partial charge in [-0.2, -0.15) is 0 Å². The van der Waals surface area contributed by atoms with Gasteiger partial charge in [0.05, 0.1) is 19.1 Å². The zero-order chi connectivity index (χ0) is 21.8. The van der Waals surface area contributed by atoms with E-state index in [2.05, 4.69) is 15.3 Å². The molecule has 160 valence electrons. The number of H-pyrrole nitrogens is 1. The summed E-state index contributed by atoms with van der Waals surface area (Å²) in [5.41, 5.74) is 3.55. The SMILES string of the molecule is COC(=O)[C@H](Cc1ccccc1)NC(=O)N1CCc2[nH]cnc2[C@@H]1c1cccc(Cl)c1. The third kappa shape index (κ3) is 4.56. The van der Waals surface area contributed by atoms with Crippen LogP contribution < -0.4 is 5.32 Å². The number of halogens is 1. The minimum atomic E-state index is -0.805. The van der Waals surface area contributed by atoms with Crippen molar-refractivity contribution >= 4 is 23.6 Å². The monoisotopic (exact) mass is 438 g/mol. The number of benzene rings is 2. The standard InChI is InChI=1S/C23H23ClN4O3/c1-31-22(29)19(12-15-6-3-2-4-7-15)27-23(30)28-11-10-18-20(26-14-25-18)21(28)16-8-5-9-17(24)13-16/h2-9,13-14,19,21H,10-12H2,1H3,(H,25,26)(H,27,30)/t19-,21-/m0/s1. The smallest absolute Gasteiger partial charge is 0.328 e. The second-order valence-corrected chi connectivity index (χ2v) is 7.82. The Morgan fingerprint density at radius 1 is 1.26 bits per heavy atom. The molecule has 0 saturated heterocycles. The van der Waals surface area contributed by atoms with Gasteiger partial charge in [0.2, 0.25) is 0 Å². The summed E-state index contributed by atoms with van der Waals surface area (Å²) in [6.45, 7) is 0.470. The first-order chi connectivity index (χ1) is 15.1. The van der Waals surface area contributed by atoms with Gasteiger partial charge >= 0.3 is 12.0 Å². The molecule has 4 rings (SSSR count). The van der Waals surface area contributed by atoms with Crippen LogP contribution in [0, 0.1) is 0 Å². The molecule has 0 radical (unpaired) electrons. The predicted molar refractivity (Wildman–Crippen MR) is 117 cm³/mol. The Morgan fingerprint density at radius 3 is 2.81 bits per heavy atom. The van der Waals surface area contributed by atoms with Gasteiger partial charge in [0, 0.05) is 30.1 Å². The van der Waals surface area contributed by atoms with Crippen molar-refractivity contribution in [1.82, 2.24) is 20.2 Å². The van der Waals surface area contributed by atoms with Crippen LogP contribution in [0.2, 0.25) is 5.02 Å². The molecule has 3 aromatic rings. The van der Waals surface area contributed by atoms with Gasteiger partial charge in [-0.05, 0) is 23.3 Å².